The average Bonchev–Trinajstić information content (AvgIpc) is 3.91. The Morgan fingerprint density at radius 2 is 1.75 bits per heavy atom. The molecule has 0 radical (unpaired) electrons. The zero-order chi connectivity index (χ0) is 40.1. The van der Waals surface area contributed by atoms with Crippen LogP contribution in [0.3, 0.4) is 0 Å². The number of ether oxygens (including phenoxy) is 1. The SMILES string of the molecule is CC(C)(C)c1cc(NC(=O)Nc2ccc(-n3cnc4cc(OCCCCCCC(=O)NCc5ccc6c(c5)CN(C5CCC(=O)NC5=O)C6=O)ccc43)cc2)no1. The molecule has 57 heavy (non-hydrogen) atoms. The van der Waals surface area contributed by atoms with Crippen molar-refractivity contribution in [2.45, 2.75) is 90.3 Å². The van der Waals surface area contributed by atoms with Gasteiger partial charge >= 0.3 is 6.03 Å². The molecule has 0 spiro atoms. The predicted octanol–water partition coefficient (Wildman–Crippen LogP) is 6.36. The zero-order valence-electron chi connectivity index (χ0n) is 32.2. The lowest BCUT2D eigenvalue weighted by atomic mass is 9.93. The summed E-state index contributed by atoms with van der Waals surface area (Å²) in [5.74, 6) is 0.758. The number of hydrogen-bond donors (Lipinski definition) is 4. The number of rotatable bonds is 14. The number of piperidine rings is 1. The molecule has 1 fully saturated rings. The minimum atomic E-state index is -0.654. The molecule has 2 aliphatic rings. The fraction of sp³-hybridized carbons (Fsp3) is 0.357. The summed E-state index contributed by atoms with van der Waals surface area (Å²) in [6, 6.07) is 19.3. The standard InChI is InChI=1S/C42H46N8O7/c1-42(2,3)35-22-36(48-57-35)46-41(55)45-28-10-12-29(13-11-28)50-25-44-32-21-30(14-16-33(32)50)56-19-7-5-4-6-8-37(51)43-23-26-9-15-31-27(20-26)24-49(40(31)54)34-17-18-38(52)47-39(34)53/h9-16,20-22,25,34H,4-8,17-19,23-24H2,1-3H3,(H,43,51)(H,47,52,53)(H2,45,46,48,55). The molecule has 1 saturated heterocycles. The van der Waals surface area contributed by atoms with Gasteiger partial charge in [-0.15, -0.1) is 0 Å². The Morgan fingerprint density at radius 3 is 2.53 bits per heavy atom. The number of fused-ring (bicyclic) bond motifs is 2. The summed E-state index contributed by atoms with van der Waals surface area (Å²) in [4.78, 5) is 67.9. The van der Waals surface area contributed by atoms with Gasteiger partial charge in [0.05, 0.1) is 17.6 Å². The third-order valence-corrected chi connectivity index (χ3v) is 10.1. The van der Waals surface area contributed by atoms with Crippen LogP contribution < -0.4 is 26.0 Å². The lowest BCUT2D eigenvalue weighted by molar-refractivity contribution is -0.137. The molecule has 0 saturated carbocycles. The molecule has 6 amide bonds. The molecule has 4 N–H and O–H groups in total. The van der Waals surface area contributed by atoms with E-state index in [9.17, 15) is 24.0 Å². The van der Waals surface area contributed by atoms with Gasteiger partial charge in [-0.3, -0.25) is 34.4 Å². The second kappa shape index (κ2) is 16.7. The minimum absolute atomic E-state index is 0.0327. The summed E-state index contributed by atoms with van der Waals surface area (Å²) in [7, 11) is 0. The fourth-order valence-corrected chi connectivity index (χ4v) is 6.92. The molecule has 4 heterocycles. The number of nitrogens with one attached hydrogen (secondary N) is 4. The molecular weight excluding hydrogens is 729 g/mol. The van der Waals surface area contributed by atoms with E-state index >= 15 is 0 Å². The summed E-state index contributed by atoms with van der Waals surface area (Å²) in [6.45, 7) is 7.22. The maximum atomic E-state index is 12.9. The number of imide groups is 1. The first-order chi connectivity index (χ1) is 27.4. The highest BCUT2D eigenvalue weighted by Crippen LogP contribution is 2.29. The van der Waals surface area contributed by atoms with Crippen LogP contribution in [0.2, 0.25) is 0 Å². The molecule has 0 aliphatic carbocycles. The Morgan fingerprint density at radius 1 is 0.947 bits per heavy atom. The van der Waals surface area contributed by atoms with Crippen LogP contribution in [0.4, 0.5) is 16.3 Å². The van der Waals surface area contributed by atoms with Crippen LogP contribution in [0.25, 0.3) is 16.7 Å². The monoisotopic (exact) mass is 774 g/mol. The van der Waals surface area contributed by atoms with Crippen molar-refractivity contribution in [3.8, 4) is 11.4 Å². The van der Waals surface area contributed by atoms with Crippen molar-refractivity contribution in [2.24, 2.45) is 0 Å². The van der Waals surface area contributed by atoms with E-state index in [1.54, 1.807) is 18.5 Å². The average molecular weight is 775 g/mol. The normalized spacial score (nSPS) is 15.4. The Bertz CT molecular complexity index is 2310. The number of unbranched alkanes of at least 4 members (excludes halogenated alkanes) is 3. The van der Waals surface area contributed by atoms with E-state index < -0.39 is 18.0 Å². The van der Waals surface area contributed by atoms with E-state index in [1.165, 1.54) is 4.90 Å². The van der Waals surface area contributed by atoms with E-state index in [4.69, 9.17) is 9.26 Å². The summed E-state index contributed by atoms with van der Waals surface area (Å²) < 4.78 is 13.3. The number of hydrogen-bond acceptors (Lipinski definition) is 9. The van der Waals surface area contributed by atoms with Gasteiger partial charge in [-0.05, 0) is 72.9 Å². The molecule has 7 rings (SSSR count). The first-order valence-electron chi connectivity index (χ1n) is 19.2. The van der Waals surface area contributed by atoms with Crippen molar-refractivity contribution in [1.29, 1.82) is 0 Å². The second-order valence-electron chi connectivity index (χ2n) is 15.4. The fourth-order valence-electron chi connectivity index (χ4n) is 6.92. The van der Waals surface area contributed by atoms with E-state index in [0.717, 1.165) is 59.3 Å². The zero-order valence-corrected chi connectivity index (χ0v) is 32.2. The molecule has 3 aromatic carbocycles. The molecular formula is C42H46N8O7. The van der Waals surface area contributed by atoms with Gasteiger partial charge in [-0.2, -0.15) is 0 Å². The van der Waals surface area contributed by atoms with Crippen molar-refractivity contribution in [2.75, 3.05) is 17.2 Å². The molecule has 296 valence electrons. The number of carbonyl (C=O) groups excluding carboxylic acids is 5. The number of benzene rings is 3. The third kappa shape index (κ3) is 9.31. The van der Waals surface area contributed by atoms with Crippen LogP contribution in [0.5, 0.6) is 5.75 Å². The van der Waals surface area contributed by atoms with E-state index in [-0.39, 0.29) is 29.6 Å². The highest BCUT2D eigenvalue weighted by atomic mass is 16.5. The molecule has 15 nitrogen and oxygen atoms in total. The van der Waals surface area contributed by atoms with Crippen LogP contribution in [0, 0.1) is 0 Å². The Hall–Kier alpha value is -6.51. The Balaban J connectivity index is 0.789. The summed E-state index contributed by atoms with van der Waals surface area (Å²) in [5.41, 5.74) is 5.25. The predicted molar refractivity (Wildman–Crippen MR) is 212 cm³/mol. The number of carbonyl (C=O) groups is 5. The summed E-state index contributed by atoms with van der Waals surface area (Å²) in [5, 5.41) is 14.7. The number of imidazole rings is 1. The number of anilines is 2. The minimum Gasteiger partial charge on any atom is -0.494 e. The molecule has 1 unspecified atom stereocenters. The quantitative estimate of drug-likeness (QED) is 0.0735. The molecule has 5 aromatic rings. The maximum absolute atomic E-state index is 12.9. The highest BCUT2D eigenvalue weighted by molar-refractivity contribution is 6.05. The van der Waals surface area contributed by atoms with E-state index in [0.29, 0.717) is 55.4 Å². The van der Waals surface area contributed by atoms with E-state index in [2.05, 4.69) is 31.4 Å². The van der Waals surface area contributed by atoms with Crippen LogP contribution in [-0.2, 0) is 32.9 Å². The maximum Gasteiger partial charge on any atom is 0.324 e. The highest BCUT2D eigenvalue weighted by Gasteiger charge is 2.39. The summed E-state index contributed by atoms with van der Waals surface area (Å²) in [6.07, 6.45) is 6.15. The topological polar surface area (TPSA) is 190 Å². The third-order valence-electron chi connectivity index (χ3n) is 10.1. The van der Waals surface area contributed by atoms with Crippen molar-refractivity contribution < 1.29 is 33.2 Å². The first kappa shape index (κ1) is 38.8. The van der Waals surface area contributed by atoms with Gasteiger partial charge in [-0.1, -0.05) is 50.9 Å². The lowest BCUT2D eigenvalue weighted by Gasteiger charge is -2.29. The molecule has 0 bridgehead atoms. The van der Waals surface area contributed by atoms with Gasteiger partial charge in [0, 0.05) is 60.4 Å². The number of urea groups is 1. The second-order valence-corrected chi connectivity index (χ2v) is 15.4. The molecule has 15 heteroatoms. The van der Waals surface area contributed by atoms with Gasteiger partial charge in [0.25, 0.3) is 5.91 Å². The van der Waals surface area contributed by atoms with Gasteiger partial charge in [0.2, 0.25) is 17.7 Å². The van der Waals surface area contributed by atoms with Gasteiger partial charge in [0.15, 0.2) is 5.82 Å². The Kier molecular flexibility index (Phi) is 11.3. The van der Waals surface area contributed by atoms with Crippen LogP contribution in [-0.4, -0.2) is 61.9 Å². The van der Waals surface area contributed by atoms with Crippen molar-refractivity contribution in [3.63, 3.8) is 0 Å². The van der Waals surface area contributed by atoms with Gasteiger partial charge < -0.3 is 24.8 Å². The van der Waals surface area contributed by atoms with Crippen molar-refractivity contribution >= 4 is 52.2 Å². The first-order valence-corrected chi connectivity index (χ1v) is 19.2. The van der Waals surface area contributed by atoms with Gasteiger partial charge in [-0.25, -0.2) is 9.78 Å². The van der Waals surface area contributed by atoms with Crippen molar-refractivity contribution in [3.05, 3.63) is 95.5 Å². The molecule has 2 aliphatic heterocycles. The molecule has 2 aromatic heterocycles. The van der Waals surface area contributed by atoms with Crippen LogP contribution >= 0.6 is 0 Å². The van der Waals surface area contributed by atoms with Crippen LogP contribution in [0.1, 0.15) is 93.0 Å². The van der Waals surface area contributed by atoms with Crippen molar-refractivity contribution in [1.82, 2.24) is 30.2 Å². The number of nitrogens with zero attached hydrogens (tertiary/aromatic N) is 4. The summed E-state index contributed by atoms with van der Waals surface area (Å²) >= 11 is 0. The molecule has 1 atom stereocenters. The number of aromatic nitrogens is 3. The van der Waals surface area contributed by atoms with Crippen LogP contribution in [0.15, 0.2) is 77.6 Å². The Labute approximate surface area is 329 Å². The lowest BCUT2D eigenvalue weighted by Crippen LogP contribution is -2.52. The smallest absolute Gasteiger partial charge is 0.324 e. The largest absolute Gasteiger partial charge is 0.494 e. The van der Waals surface area contributed by atoms with E-state index in [1.807, 2.05) is 79.9 Å². The van der Waals surface area contributed by atoms with Gasteiger partial charge in [0.1, 0.15) is 23.9 Å². The number of amides is 6.